The van der Waals surface area contributed by atoms with Crippen molar-refractivity contribution in [1.29, 1.82) is 0 Å². The van der Waals surface area contributed by atoms with Gasteiger partial charge in [0, 0.05) is 50.8 Å². The number of aryl methyl sites for hydroxylation is 1. The van der Waals surface area contributed by atoms with Crippen LogP contribution in [0.5, 0.6) is 0 Å². The highest BCUT2D eigenvalue weighted by molar-refractivity contribution is 5.79. The first-order valence-electron chi connectivity index (χ1n) is 10.6. The molecule has 1 aliphatic heterocycles. The number of likely N-dealkylation sites (tertiary alicyclic amines) is 1. The molecule has 0 unspecified atom stereocenters. The molecule has 2 heterocycles. The zero-order valence-electron chi connectivity index (χ0n) is 17.7. The Bertz CT molecular complexity index is 837. The molecule has 1 amide bonds. The number of amides is 1. The number of fused-ring (bicyclic) bond motifs is 1. The first-order valence-corrected chi connectivity index (χ1v) is 10.6. The fourth-order valence-corrected chi connectivity index (χ4v) is 5.00. The molecule has 1 saturated heterocycles. The van der Waals surface area contributed by atoms with Gasteiger partial charge in [0.15, 0.2) is 0 Å². The second kappa shape index (κ2) is 8.67. The number of nitrogens with one attached hydrogen (secondary N) is 1. The van der Waals surface area contributed by atoms with Gasteiger partial charge >= 0.3 is 0 Å². The molecular formula is C23H32N4O2. The first kappa shape index (κ1) is 20.1. The molecule has 2 aromatic rings. The Balaban J connectivity index is 1.41. The molecule has 1 aromatic heterocycles. The number of ether oxygens (including phenoxy) is 1. The summed E-state index contributed by atoms with van der Waals surface area (Å²) in [5.41, 5.74) is 5.27. The summed E-state index contributed by atoms with van der Waals surface area (Å²) < 4.78 is 7.15. The van der Waals surface area contributed by atoms with E-state index in [1.165, 1.54) is 11.1 Å². The van der Waals surface area contributed by atoms with Gasteiger partial charge in [-0.15, -0.1) is 0 Å². The van der Waals surface area contributed by atoms with Crippen molar-refractivity contribution in [2.24, 2.45) is 18.9 Å². The summed E-state index contributed by atoms with van der Waals surface area (Å²) in [6.07, 6.45) is 4.81. The van der Waals surface area contributed by atoms with Crippen molar-refractivity contribution in [2.75, 3.05) is 33.4 Å². The fraction of sp³-hybridized carbons (Fsp3) is 0.565. The molecule has 0 spiro atoms. The molecule has 2 atom stereocenters. The van der Waals surface area contributed by atoms with Gasteiger partial charge in [-0.05, 0) is 43.4 Å². The third-order valence-electron chi connectivity index (χ3n) is 6.64. The lowest BCUT2D eigenvalue weighted by Gasteiger charge is -2.28. The molecule has 6 nitrogen and oxygen atoms in total. The Kier molecular flexibility index (Phi) is 6.01. The number of aromatic nitrogens is 2. The summed E-state index contributed by atoms with van der Waals surface area (Å²) in [5.74, 6) is 1.12. The molecule has 6 heteroatoms. The number of carbonyl (C=O) groups is 1. The molecule has 2 aliphatic rings. The number of hydrogen-bond acceptors (Lipinski definition) is 4. The molecule has 0 radical (unpaired) electrons. The SMILES string of the molecule is COCCN1C(=O)C[C@H](CNCC2Cc3ccccc3C2)[C@H]1c1cnn(C)c1C. The van der Waals surface area contributed by atoms with E-state index in [1.54, 1.807) is 7.11 Å². The Morgan fingerprint density at radius 1 is 1.17 bits per heavy atom. The molecule has 1 aliphatic carbocycles. The molecular weight excluding hydrogens is 364 g/mol. The minimum Gasteiger partial charge on any atom is -0.383 e. The van der Waals surface area contributed by atoms with Crippen LogP contribution in [0.15, 0.2) is 30.5 Å². The lowest BCUT2D eigenvalue weighted by molar-refractivity contribution is -0.129. The number of rotatable bonds is 8. The molecule has 1 fully saturated rings. The predicted octanol–water partition coefficient (Wildman–Crippen LogP) is 2.27. The van der Waals surface area contributed by atoms with Crippen LogP contribution in [0.1, 0.15) is 34.8 Å². The molecule has 1 N–H and O–H groups in total. The van der Waals surface area contributed by atoms with Crippen LogP contribution in [0.2, 0.25) is 0 Å². The van der Waals surface area contributed by atoms with Crippen molar-refractivity contribution in [3.63, 3.8) is 0 Å². The van der Waals surface area contributed by atoms with Gasteiger partial charge in [-0.2, -0.15) is 5.10 Å². The maximum atomic E-state index is 12.8. The summed E-state index contributed by atoms with van der Waals surface area (Å²) in [6, 6.07) is 8.84. The predicted molar refractivity (Wildman–Crippen MR) is 113 cm³/mol. The molecule has 0 saturated carbocycles. The second-order valence-electron chi connectivity index (χ2n) is 8.50. The maximum absolute atomic E-state index is 12.8. The monoisotopic (exact) mass is 396 g/mol. The van der Waals surface area contributed by atoms with E-state index in [-0.39, 0.29) is 17.9 Å². The van der Waals surface area contributed by atoms with E-state index in [9.17, 15) is 4.79 Å². The van der Waals surface area contributed by atoms with Crippen molar-refractivity contribution in [3.8, 4) is 0 Å². The van der Waals surface area contributed by atoms with E-state index in [0.717, 1.165) is 37.2 Å². The van der Waals surface area contributed by atoms with Crippen LogP contribution in [-0.2, 0) is 29.4 Å². The largest absolute Gasteiger partial charge is 0.383 e. The van der Waals surface area contributed by atoms with Gasteiger partial charge in [0.1, 0.15) is 0 Å². The number of nitrogens with zero attached hydrogens (tertiary/aromatic N) is 3. The van der Waals surface area contributed by atoms with Crippen molar-refractivity contribution in [1.82, 2.24) is 20.0 Å². The lowest BCUT2D eigenvalue weighted by Crippen LogP contribution is -2.35. The van der Waals surface area contributed by atoms with Gasteiger partial charge in [-0.1, -0.05) is 24.3 Å². The summed E-state index contributed by atoms with van der Waals surface area (Å²) >= 11 is 0. The van der Waals surface area contributed by atoms with Crippen LogP contribution in [-0.4, -0.2) is 53.9 Å². The van der Waals surface area contributed by atoms with Gasteiger partial charge in [0.2, 0.25) is 5.91 Å². The average Bonchev–Trinajstić information content (AvgIpc) is 3.36. The van der Waals surface area contributed by atoms with Gasteiger partial charge in [-0.25, -0.2) is 0 Å². The van der Waals surface area contributed by atoms with E-state index in [1.807, 2.05) is 22.8 Å². The molecule has 29 heavy (non-hydrogen) atoms. The fourth-order valence-electron chi connectivity index (χ4n) is 5.00. The summed E-state index contributed by atoms with van der Waals surface area (Å²) in [4.78, 5) is 14.8. The van der Waals surface area contributed by atoms with Gasteiger partial charge in [0.25, 0.3) is 0 Å². The van der Waals surface area contributed by atoms with Crippen LogP contribution in [0.25, 0.3) is 0 Å². The Hall–Kier alpha value is -2.18. The maximum Gasteiger partial charge on any atom is 0.223 e. The number of methoxy groups -OCH3 is 1. The molecule has 1 aromatic carbocycles. The number of hydrogen-bond donors (Lipinski definition) is 1. The van der Waals surface area contributed by atoms with E-state index >= 15 is 0 Å². The minimum absolute atomic E-state index is 0.0691. The highest BCUT2D eigenvalue weighted by Crippen LogP contribution is 2.39. The Morgan fingerprint density at radius 3 is 2.52 bits per heavy atom. The standard InChI is InChI=1S/C23H32N4O2/c1-16-21(15-25-26(16)2)23-20(12-22(28)27(23)8-9-29-3)14-24-13-17-10-18-6-4-5-7-19(18)11-17/h4-7,15,17,20,23-24H,8-14H2,1-3H3/t20-,23+/m1/s1. The van der Waals surface area contributed by atoms with Gasteiger partial charge in [-0.3, -0.25) is 9.48 Å². The highest BCUT2D eigenvalue weighted by atomic mass is 16.5. The normalized spacial score (nSPS) is 21.9. The van der Waals surface area contributed by atoms with Crippen molar-refractivity contribution in [3.05, 3.63) is 52.8 Å². The highest BCUT2D eigenvalue weighted by Gasteiger charge is 2.41. The van der Waals surface area contributed by atoms with Crippen LogP contribution in [0.3, 0.4) is 0 Å². The van der Waals surface area contributed by atoms with Crippen molar-refractivity contribution < 1.29 is 9.53 Å². The van der Waals surface area contributed by atoms with Crippen LogP contribution in [0.4, 0.5) is 0 Å². The summed E-state index contributed by atoms with van der Waals surface area (Å²) in [5, 5.41) is 8.12. The molecule has 0 bridgehead atoms. The smallest absolute Gasteiger partial charge is 0.223 e. The topological polar surface area (TPSA) is 59.4 Å². The third-order valence-corrected chi connectivity index (χ3v) is 6.64. The van der Waals surface area contributed by atoms with Crippen LogP contribution in [0, 0.1) is 18.8 Å². The third kappa shape index (κ3) is 4.09. The van der Waals surface area contributed by atoms with Crippen molar-refractivity contribution >= 4 is 5.91 Å². The molecule has 156 valence electrons. The average molecular weight is 397 g/mol. The van der Waals surface area contributed by atoms with Gasteiger partial charge in [0.05, 0.1) is 18.8 Å². The minimum atomic E-state index is 0.0691. The van der Waals surface area contributed by atoms with E-state index < -0.39 is 0 Å². The van der Waals surface area contributed by atoms with Gasteiger partial charge < -0.3 is 15.0 Å². The van der Waals surface area contributed by atoms with E-state index in [4.69, 9.17) is 4.74 Å². The first-order chi connectivity index (χ1) is 14.1. The quantitative estimate of drug-likeness (QED) is 0.744. The summed E-state index contributed by atoms with van der Waals surface area (Å²) in [7, 11) is 3.64. The zero-order chi connectivity index (χ0) is 20.4. The lowest BCUT2D eigenvalue weighted by atomic mass is 9.93. The molecule has 4 rings (SSSR count). The van der Waals surface area contributed by atoms with E-state index in [2.05, 4.69) is 41.6 Å². The van der Waals surface area contributed by atoms with Crippen LogP contribution < -0.4 is 5.32 Å². The summed E-state index contributed by atoms with van der Waals surface area (Å²) in [6.45, 7) is 5.11. The Morgan fingerprint density at radius 2 is 1.90 bits per heavy atom. The zero-order valence-corrected chi connectivity index (χ0v) is 17.7. The van der Waals surface area contributed by atoms with Crippen molar-refractivity contribution in [2.45, 2.75) is 32.2 Å². The number of benzene rings is 1. The second-order valence-corrected chi connectivity index (χ2v) is 8.50. The number of carbonyl (C=O) groups excluding carboxylic acids is 1. The van der Waals surface area contributed by atoms with E-state index in [0.29, 0.717) is 25.5 Å². The Labute approximate surface area is 173 Å². The van der Waals surface area contributed by atoms with Crippen LogP contribution >= 0.6 is 0 Å².